The van der Waals surface area contributed by atoms with Crippen LogP contribution in [0.4, 0.5) is 0 Å². The molecule has 0 aliphatic rings. The molecular formula is C12H12N2O3. The number of nitrogens with zero attached hydrogens (tertiary/aromatic N) is 1. The first-order valence-electron chi connectivity index (χ1n) is 5.16. The Morgan fingerprint density at radius 3 is 2.76 bits per heavy atom. The van der Waals surface area contributed by atoms with Gasteiger partial charge in [-0.05, 0) is 26.0 Å². The first-order chi connectivity index (χ1) is 8.04. The topological polar surface area (TPSA) is 72.2 Å². The molecule has 2 aromatic rings. The van der Waals surface area contributed by atoms with E-state index < -0.39 is 5.54 Å². The number of amides is 1. The van der Waals surface area contributed by atoms with E-state index in [1.165, 1.54) is 0 Å². The largest absolute Gasteiger partial charge is 0.434 e. The standard InChI is InChI=1S/C12H12N2O3/c1-12(2,13-7-15)10(16)11-14-8-5-3-4-6-9(8)17-11/h3-7H,1-2H3,(H,13,15). The van der Waals surface area contributed by atoms with Crippen LogP contribution < -0.4 is 5.32 Å². The summed E-state index contributed by atoms with van der Waals surface area (Å²) < 4.78 is 5.35. The van der Waals surface area contributed by atoms with Crippen molar-refractivity contribution in [1.29, 1.82) is 0 Å². The second-order valence-electron chi connectivity index (χ2n) is 4.20. The molecule has 5 nitrogen and oxygen atoms in total. The normalized spacial score (nSPS) is 11.4. The minimum absolute atomic E-state index is 0.00514. The van der Waals surface area contributed by atoms with Gasteiger partial charge in [0.25, 0.3) is 5.89 Å². The number of aromatic nitrogens is 1. The summed E-state index contributed by atoms with van der Waals surface area (Å²) in [6.45, 7) is 3.19. The molecule has 0 saturated heterocycles. The fourth-order valence-corrected chi connectivity index (χ4v) is 1.45. The van der Waals surface area contributed by atoms with Crippen LogP contribution in [0.15, 0.2) is 28.7 Å². The number of benzene rings is 1. The minimum atomic E-state index is -1.03. The van der Waals surface area contributed by atoms with Crippen LogP contribution in [-0.2, 0) is 4.79 Å². The summed E-state index contributed by atoms with van der Waals surface area (Å²) in [6, 6.07) is 7.11. The number of hydrogen-bond donors (Lipinski definition) is 1. The Bertz CT molecular complexity index is 539. The summed E-state index contributed by atoms with van der Waals surface area (Å²) in [5, 5.41) is 2.43. The van der Waals surface area contributed by atoms with Gasteiger partial charge < -0.3 is 9.73 Å². The Kier molecular flexibility index (Phi) is 2.67. The van der Waals surface area contributed by atoms with E-state index in [-0.39, 0.29) is 11.7 Å². The van der Waals surface area contributed by atoms with Crippen LogP contribution in [0, 0.1) is 0 Å². The lowest BCUT2D eigenvalue weighted by molar-refractivity contribution is -0.110. The first-order valence-corrected chi connectivity index (χ1v) is 5.16. The predicted octanol–water partition coefficient (Wildman–Crippen LogP) is 1.54. The molecular weight excluding hydrogens is 220 g/mol. The third kappa shape index (κ3) is 2.04. The fraction of sp³-hybridized carbons (Fsp3) is 0.250. The smallest absolute Gasteiger partial charge is 0.266 e. The predicted molar refractivity (Wildman–Crippen MR) is 61.6 cm³/mol. The lowest BCUT2D eigenvalue weighted by Gasteiger charge is -2.19. The fourth-order valence-electron chi connectivity index (χ4n) is 1.45. The average molecular weight is 232 g/mol. The molecule has 0 radical (unpaired) electrons. The number of Topliss-reactive ketones (excluding diaryl/α,β-unsaturated/α-hetero) is 1. The molecule has 0 spiro atoms. The maximum absolute atomic E-state index is 12.0. The van der Waals surface area contributed by atoms with E-state index in [4.69, 9.17) is 4.42 Å². The highest BCUT2D eigenvalue weighted by atomic mass is 16.4. The van der Waals surface area contributed by atoms with E-state index in [0.717, 1.165) is 0 Å². The van der Waals surface area contributed by atoms with Gasteiger partial charge in [0.15, 0.2) is 5.58 Å². The van der Waals surface area contributed by atoms with Gasteiger partial charge in [-0.1, -0.05) is 12.1 Å². The second-order valence-corrected chi connectivity index (χ2v) is 4.20. The highest BCUT2D eigenvalue weighted by Gasteiger charge is 2.31. The maximum Gasteiger partial charge on any atom is 0.266 e. The summed E-state index contributed by atoms with van der Waals surface area (Å²) >= 11 is 0. The molecule has 1 amide bonds. The summed E-state index contributed by atoms with van der Waals surface area (Å²) in [7, 11) is 0. The quantitative estimate of drug-likeness (QED) is 0.641. The zero-order valence-electron chi connectivity index (χ0n) is 9.56. The molecule has 1 heterocycles. The van der Waals surface area contributed by atoms with Gasteiger partial charge >= 0.3 is 0 Å². The molecule has 88 valence electrons. The van der Waals surface area contributed by atoms with Crippen molar-refractivity contribution in [2.45, 2.75) is 19.4 Å². The number of para-hydroxylation sites is 2. The van der Waals surface area contributed by atoms with Crippen LogP contribution in [0.2, 0.25) is 0 Å². The van der Waals surface area contributed by atoms with Gasteiger partial charge in [0.1, 0.15) is 11.1 Å². The van der Waals surface area contributed by atoms with Gasteiger partial charge in [-0.3, -0.25) is 9.59 Å². The third-order valence-electron chi connectivity index (χ3n) is 2.48. The molecule has 0 bridgehead atoms. The van der Waals surface area contributed by atoms with Gasteiger partial charge in [-0.15, -0.1) is 0 Å². The zero-order chi connectivity index (χ0) is 12.5. The van der Waals surface area contributed by atoms with Crippen LogP contribution >= 0.6 is 0 Å². The van der Waals surface area contributed by atoms with Crippen molar-refractivity contribution in [3.8, 4) is 0 Å². The third-order valence-corrected chi connectivity index (χ3v) is 2.48. The van der Waals surface area contributed by atoms with Gasteiger partial charge in [0, 0.05) is 0 Å². The number of carbonyl (C=O) groups is 2. The number of ketones is 1. The summed E-state index contributed by atoms with van der Waals surface area (Å²) in [5.41, 5.74) is 0.151. The molecule has 0 saturated carbocycles. The molecule has 1 aromatic heterocycles. The number of hydrogen-bond acceptors (Lipinski definition) is 4. The Labute approximate surface area is 97.8 Å². The first kappa shape index (κ1) is 11.3. The number of carbonyl (C=O) groups excluding carboxylic acids is 2. The Hall–Kier alpha value is -2.17. The Morgan fingerprint density at radius 1 is 1.41 bits per heavy atom. The lowest BCUT2D eigenvalue weighted by atomic mass is 10.00. The highest BCUT2D eigenvalue weighted by Crippen LogP contribution is 2.18. The molecule has 0 fully saturated rings. The molecule has 0 atom stereocenters. The molecule has 17 heavy (non-hydrogen) atoms. The van der Waals surface area contributed by atoms with Crippen LogP contribution in [0.1, 0.15) is 24.5 Å². The van der Waals surface area contributed by atoms with E-state index in [0.29, 0.717) is 17.5 Å². The van der Waals surface area contributed by atoms with Crippen molar-refractivity contribution in [3.05, 3.63) is 30.2 Å². The number of rotatable bonds is 4. The zero-order valence-corrected chi connectivity index (χ0v) is 9.56. The Morgan fingerprint density at radius 2 is 2.12 bits per heavy atom. The summed E-state index contributed by atoms with van der Waals surface area (Å²) in [6.07, 6.45) is 0.487. The molecule has 0 unspecified atom stereocenters. The van der Waals surface area contributed by atoms with Crippen molar-refractivity contribution in [2.24, 2.45) is 0 Å². The maximum atomic E-state index is 12.0. The van der Waals surface area contributed by atoms with Gasteiger partial charge in [0.2, 0.25) is 12.2 Å². The van der Waals surface area contributed by atoms with E-state index in [1.54, 1.807) is 32.0 Å². The number of fused-ring (bicyclic) bond motifs is 1. The average Bonchev–Trinajstić information content (AvgIpc) is 2.71. The van der Waals surface area contributed by atoms with Crippen molar-refractivity contribution in [3.63, 3.8) is 0 Å². The summed E-state index contributed by atoms with van der Waals surface area (Å²) in [5.74, 6) is -0.355. The van der Waals surface area contributed by atoms with Crippen molar-refractivity contribution in [2.75, 3.05) is 0 Å². The highest BCUT2D eigenvalue weighted by molar-refractivity contribution is 6.01. The Balaban J connectivity index is 2.40. The number of nitrogens with one attached hydrogen (secondary N) is 1. The summed E-state index contributed by atoms with van der Waals surface area (Å²) in [4.78, 5) is 26.6. The van der Waals surface area contributed by atoms with Crippen LogP contribution in [0.3, 0.4) is 0 Å². The van der Waals surface area contributed by atoms with Crippen LogP contribution in [0.25, 0.3) is 11.1 Å². The van der Waals surface area contributed by atoms with Gasteiger partial charge in [0.05, 0.1) is 0 Å². The minimum Gasteiger partial charge on any atom is -0.434 e. The van der Waals surface area contributed by atoms with Crippen molar-refractivity contribution >= 4 is 23.3 Å². The second kappa shape index (κ2) is 4.01. The van der Waals surface area contributed by atoms with Crippen LogP contribution in [0.5, 0.6) is 0 Å². The molecule has 0 aliphatic heterocycles. The van der Waals surface area contributed by atoms with Crippen molar-refractivity contribution in [1.82, 2.24) is 10.3 Å². The lowest BCUT2D eigenvalue weighted by Crippen LogP contribution is -2.46. The number of oxazole rings is 1. The van der Waals surface area contributed by atoms with E-state index >= 15 is 0 Å². The molecule has 0 aliphatic carbocycles. The monoisotopic (exact) mass is 232 g/mol. The molecule has 1 N–H and O–H groups in total. The van der Waals surface area contributed by atoms with Crippen LogP contribution in [-0.4, -0.2) is 22.7 Å². The van der Waals surface area contributed by atoms with E-state index in [9.17, 15) is 9.59 Å². The van der Waals surface area contributed by atoms with Gasteiger partial charge in [-0.2, -0.15) is 0 Å². The van der Waals surface area contributed by atoms with E-state index in [1.807, 2.05) is 6.07 Å². The van der Waals surface area contributed by atoms with Gasteiger partial charge in [-0.25, -0.2) is 4.98 Å². The molecule has 1 aromatic carbocycles. The molecule has 5 heteroatoms. The SMILES string of the molecule is CC(C)(NC=O)C(=O)c1nc2ccccc2o1. The van der Waals surface area contributed by atoms with E-state index in [2.05, 4.69) is 10.3 Å². The van der Waals surface area contributed by atoms with Crippen molar-refractivity contribution < 1.29 is 14.0 Å². The molecule has 2 rings (SSSR count).